The third-order valence-electron chi connectivity index (χ3n) is 5.21. The molecule has 1 saturated heterocycles. The number of hydrogen-bond acceptors (Lipinski definition) is 3. The third kappa shape index (κ3) is 4.97. The van der Waals surface area contributed by atoms with Gasteiger partial charge in [-0.15, -0.1) is 0 Å². The van der Waals surface area contributed by atoms with Crippen molar-refractivity contribution < 1.29 is 14.3 Å². The number of nitrogens with zero attached hydrogens (tertiary/aromatic N) is 1. The molecule has 3 rings (SSSR count). The van der Waals surface area contributed by atoms with Crippen molar-refractivity contribution in [3.05, 3.63) is 35.9 Å². The van der Waals surface area contributed by atoms with Crippen molar-refractivity contribution in [2.75, 3.05) is 19.7 Å². The first-order chi connectivity index (χ1) is 12.6. The van der Waals surface area contributed by atoms with Crippen LogP contribution >= 0.6 is 0 Å². The van der Waals surface area contributed by atoms with Gasteiger partial charge in [-0.2, -0.15) is 0 Å². The monoisotopic (exact) mass is 359 g/mol. The summed E-state index contributed by atoms with van der Waals surface area (Å²) in [5, 5.41) is 5.79. The topological polar surface area (TPSA) is 70.7 Å². The zero-order valence-corrected chi connectivity index (χ0v) is 15.4. The van der Waals surface area contributed by atoms with Crippen LogP contribution in [0, 0.1) is 0 Å². The number of urea groups is 1. The fraction of sp³-hybridized carbons (Fsp3) is 0.600. The Hall–Kier alpha value is -2.08. The lowest BCUT2D eigenvalue weighted by Crippen LogP contribution is -2.54. The first kappa shape index (κ1) is 18.7. The number of amides is 3. The number of rotatable bonds is 4. The summed E-state index contributed by atoms with van der Waals surface area (Å²) in [6.07, 6.45) is 5.50. The van der Waals surface area contributed by atoms with Gasteiger partial charge in [0.15, 0.2) is 0 Å². The minimum Gasteiger partial charge on any atom is -0.370 e. The zero-order chi connectivity index (χ0) is 18.4. The van der Waals surface area contributed by atoms with Gasteiger partial charge in [0.05, 0.1) is 13.2 Å². The number of nitrogens with one attached hydrogen (secondary N) is 2. The molecule has 6 nitrogen and oxygen atoms in total. The van der Waals surface area contributed by atoms with Crippen LogP contribution in [0.3, 0.4) is 0 Å². The van der Waals surface area contributed by atoms with Crippen LogP contribution in [0.1, 0.15) is 50.7 Å². The largest absolute Gasteiger partial charge is 0.370 e. The van der Waals surface area contributed by atoms with Gasteiger partial charge in [0.1, 0.15) is 12.1 Å². The fourth-order valence-corrected chi connectivity index (χ4v) is 3.73. The zero-order valence-electron chi connectivity index (χ0n) is 15.4. The molecule has 6 heteroatoms. The molecule has 1 unspecified atom stereocenters. The highest BCUT2D eigenvalue weighted by Gasteiger charge is 2.29. The smallest absolute Gasteiger partial charge is 0.315 e. The second-order valence-electron chi connectivity index (χ2n) is 7.23. The molecule has 142 valence electrons. The Morgan fingerprint density at radius 3 is 2.62 bits per heavy atom. The van der Waals surface area contributed by atoms with Crippen LogP contribution in [-0.4, -0.2) is 48.6 Å². The number of hydrogen-bond donors (Lipinski definition) is 2. The van der Waals surface area contributed by atoms with Crippen molar-refractivity contribution in [2.24, 2.45) is 0 Å². The van der Waals surface area contributed by atoms with E-state index in [1.165, 1.54) is 6.42 Å². The summed E-state index contributed by atoms with van der Waals surface area (Å²) in [7, 11) is 0. The lowest BCUT2D eigenvalue weighted by molar-refractivity contribution is -0.140. The van der Waals surface area contributed by atoms with E-state index >= 15 is 0 Å². The summed E-state index contributed by atoms with van der Waals surface area (Å²) in [5.41, 5.74) is 1.07. The van der Waals surface area contributed by atoms with Gasteiger partial charge in [0.2, 0.25) is 5.91 Å². The highest BCUT2D eigenvalue weighted by molar-refractivity contribution is 5.86. The summed E-state index contributed by atoms with van der Waals surface area (Å²) in [6.45, 7) is 3.32. The summed E-state index contributed by atoms with van der Waals surface area (Å²) < 4.78 is 5.81. The van der Waals surface area contributed by atoms with E-state index in [0.717, 1.165) is 31.2 Å². The minimum absolute atomic E-state index is 0.0620. The van der Waals surface area contributed by atoms with Gasteiger partial charge in [-0.05, 0) is 25.3 Å². The van der Waals surface area contributed by atoms with Crippen LogP contribution in [-0.2, 0) is 9.53 Å². The average molecular weight is 359 g/mol. The van der Waals surface area contributed by atoms with Crippen molar-refractivity contribution in [1.82, 2.24) is 15.5 Å². The molecule has 1 saturated carbocycles. The van der Waals surface area contributed by atoms with Crippen molar-refractivity contribution in [1.29, 1.82) is 0 Å². The van der Waals surface area contributed by atoms with Gasteiger partial charge in [0.25, 0.3) is 0 Å². The van der Waals surface area contributed by atoms with Gasteiger partial charge in [-0.3, -0.25) is 4.79 Å². The van der Waals surface area contributed by atoms with Crippen molar-refractivity contribution in [2.45, 2.75) is 57.2 Å². The predicted octanol–water partition coefficient (Wildman–Crippen LogP) is 2.61. The fourth-order valence-electron chi connectivity index (χ4n) is 3.73. The molecule has 0 bridgehead atoms. The van der Waals surface area contributed by atoms with Crippen LogP contribution in [0.4, 0.5) is 4.79 Å². The molecule has 2 fully saturated rings. The quantitative estimate of drug-likeness (QED) is 0.868. The van der Waals surface area contributed by atoms with Crippen LogP contribution in [0.15, 0.2) is 30.3 Å². The molecule has 1 aliphatic carbocycles. The molecule has 0 radical (unpaired) electrons. The maximum absolute atomic E-state index is 12.7. The summed E-state index contributed by atoms with van der Waals surface area (Å²) in [4.78, 5) is 26.7. The standard InChI is InChI=1S/C20H29N3O3/c1-15(21-20(25)22-17-10-6-3-7-11-17)19(24)23-12-13-26-18(14-23)16-8-4-2-5-9-16/h2,4-5,8-9,15,17-18H,3,6-7,10-14H2,1H3,(H2,21,22,25)/t15-,18?/m0/s1. The second kappa shape index (κ2) is 9.03. The number of carbonyl (C=O) groups excluding carboxylic acids is 2. The molecule has 3 amide bonds. The molecule has 0 spiro atoms. The molecule has 0 aromatic heterocycles. The Labute approximate surface area is 155 Å². The second-order valence-corrected chi connectivity index (χ2v) is 7.23. The van der Waals surface area contributed by atoms with Crippen molar-refractivity contribution in [3.63, 3.8) is 0 Å². The highest BCUT2D eigenvalue weighted by atomic mass is 16.5. The summed E-state index contributed by atoms with van der Waals surface area (Å²) in [6, 6.07) is 9.37. The van der Waals surface area contributed by atoms with Crippen LogP contribution in [0.5, 0.6) is 0 Å². The Morgan fingerprint density at radius 2 is 1.88 bits per heavy atom. The molecule has 1 aliphatic heterocycles. The number of ether oxygens (including phenoxy) is 1. The Morgan fingerprint density at radius 1 is 1.15 bits per heavy atom. The first-order valence-corrected chi connectivity index (χ1v) is 9.66. The van der Waals surface area contributed by atoms with E-state index in [4.69, 9.17) is 4.74 Å². The normalized spacial score (nSPS) is 22.5. The molecule has 2 aliphatic rings. The van der Waals surface area contributed by atoms with Crippen LogP contribution in [0.25, 0.3) is 0 Å². The first-order valence-electron chi connectivity index (χ1n) is 9.66. The predicted molar refractivity (Wildman–Crippen MR) is 99.7 cm³/mol. The Balaban J connectivity index is 1.50. The lowest BCUT2D eigenvalue weighted by atomic mass is 9.96. The van der Waals surface area contributed by atoms with E-state index in [0.29, 0.717) is 19.7 Å². The highest BCUT2D eigenvalue weighted by Crippen LogP contribution is 2.22. The molecular formula is C20H29N3O3. The van der Waals surface area contributed by atoms with Gasteiger partial charge in [0, 0.05) is 12.6 Å². The Kier molecular flexibility index (Phi) is 6.50. The number of benzene rings is 1. The minimum atomic E-state index is -0.548. The summed E-state index contributed by atoms with van der Waals surface area (Å²) >= 11 is 0. The number of morpholine rings is 1. The van der Waals surface area contributed by atoms with E-state index in [1.54, 1.807) is 11.8 Å². The molecule has 1 aromatic rings. The van der Waals surface area contributed by atoms with Gasteiger partial charge in [-0.25, -0.2) is 4.79 Å². The molecular weight excluding hydrogens is 330 g/mol. The Bertz CT molecular complexity index is 602. The van der Waals surface area contributed by atoms with Gasteiger partial charge in [-0.1, -0.05) is 49.6 Å². The SMILES string of the molecule is C[C@H](NC(=O)NC1CCCCC1)C(=O)N1CCOC(c2ccccc2)C1. The number of carbonyl (C=O) groups is 2. The molecule has 2 N–H and O–H groups in total. The van der Waals surface area contributed by atoms with E-state index < -0.39 is 6.04 Å². The summed E-state index contributed by atoms with van der Waals surface area (Å²) in [5.74, 6) is -0.0620. The van der Waals surface area contributed by atoms with Gasteiger partial charge < -0.3 is 20.3 Å². The maximum atomic E-state index is 12.7. The van der Waals surface area contributed by atoms with Crippen molar-refractivity contribution >= 4 is 11.9 Å². The van der Waals surface area contributed by atoms with E-state index in [1.807, 2.05) is 30.3 Å². The molecule has 2 atom stereocenters. The van der Waals surface area contributed by atoms with Crippen LogP contribution < -0.4 is 10.6 Å². The van der Waals surface area contributed by atoms with Crippen LogP contribution in [0.2, 0.25) is 0 Å². The van der Waals surface area contributed by atoms with E-state index in [-0.39, 0.29) is 24.1 Å². The maximum Gasteiger partial charge on any atom is 0.315 e. The van der Waals surface area contributed by atoms with Gasteiger partial charge >= 0.3 is 6.03 Å². The molecule has 1 aromatic carbocycles. The lowest BCUT2D eigenvalue weighted by Gasteiger charge is -2.35. The molecule has 26 heavy (non-hydrogen) atoms. The van der Waals surface area contributed by atoms with Crippen molar-refractivity contribution in [3.8, 4) is 0 Å². The van der Waals surface area contributed by atoms with E-state index in [9.17, 15) is 9.59 Å². The van der Waals surface area contributed by atoms with E-state index in [2.05, 4.69) is 10.6 Å². The average Bonchev–Trinajstić information content (AvgIpc) is 2.69. The third-order valence-corrected chi connectivity index (χ3v) is 5.21. The molecule has 1 heterocycles.